The second kappa shape index (κ2) is 7.57. The molecule has 116 valence electrons. The first-order valence-electron chi connectivity index (χ1n) is 7.93. The van der Waals surface area contributed by atoms with Gasteiger partial charge >= 0.3 is 0 Å². The van der Waals surface area contributed by atoms with Gasteiger partial charge in [-0.25, -0.2) is 0 Å². The smallest absolute Gasteiger partial charge is 0.254 e. The molecule has 4 nitrogen and oxygen atoms in total. The van der Waals surface area contributed by atoms with Gasteiger partial charge in [-0.1, -0.05) is 31.5 Å². The number of hydrogen-bond donors (Lipinski definition) is 0. The van der Waals surface area contributed by atoms with E-state index < -0.39 is 0 Å². The molecule has 0 aliphatic carbocycles. The van der Waals surface area contributed by atoms with Gasteiger partial charge in [-0.05, 0) is 18.6 Å². The van der Waals surface area contributed by atoms with E-state index in [1.54, 1.807) is 0 Å². The molecule has 1 saturated heterocycles. The van der Waals surface area contributed by atoms with Gasteiger partial charge in [0.2, 0.25) is 0 Å². The van der Waals surface area contributed by atoms with Gasteiger partial charge < -0.3 is 9.64 Å². The number of aryl methyl sites for hydroxylation is 1. The van der Waals surface area contributed by atoms with Crippen molar-refractivity contribution in [3.8, 4) is 0 Å². The standard InChI is InChI=1S/C15H20N2O2.C2H6/c1-12-2-3-14-13(10-12)11-17(15(14)18)5-4-16-6-8-19-9-7-16;1-2/h2-3,10H,4-9,11H2,1H3;1-2H3. The second-order valence-electron chi connectivity index (χ2n) is 5.34. The summed E-state index contributed by atoms with van der Waals surface area (Å²) in [7, 11) is 0. The van der Waals surface area contributed by atoms with Crippen LogP contribution < -0.4 is 0 Å². The van der Waals surface area contributed by atoms with Gasteiger partial charge in [-0.2, -0.15) is 0 Å². The molecule has 0 unspecified atom stereocenters. The van der Waals surface area contributed by atoms with Crippen molar-refractivity contribution >= 4 is 5.91 Å². The molecule has 21 heavy (non-hydrogen) atoms. The molecule has 0 radical (unpaired) electrons. The molecule has 2 aliphatic rings. The molecule has 1 aromatic rings. The van der Waals surface area contributed by atoms with Crippen LogP contribution in [0.1, 0.15) is 35.3 Å². The predicted octanol–water partition coefficient (Wildman–Crippen LogP) is 2.31. The molecule has 0 aromatic heterocycles. The Labute approximate surface area is 127 Å². The van der Waals surface area contributed by atoms with Crippen molar-refractivity contribution in [3.63, 3.8) is 0 Å². The molecule has 0 atom stereocenters. The summed E-state index contributed by atoms with van der Waals surface area (Å²) in [6.45, 7) is 12.2. The summed E-state index contributed by atoms with van der Waals surface area (Å²) >= 11 is 0. The largest absolute Gasteiger partial charge is 0.379 e. The highest BCUT2D eigenvalue weighted by Gasteiger charge is 2.27. The normalized spacial score (nSPS) is 18.2. The van der Waals surface area contributed by atoms with Gasteiger partial charge in [-0.3, -0.25) is 9.69 Å². The van der Waals surface area contributed by atoms with E-state index in [4.69, 9.17) is 4.74 Å². The van der Waals surface area contributed by atoms with Gasteiger partial charge in [0.15, 0.2) is 0 Å². The van der Waals surface area contributed by atoms with Crippen molar-refractivity contribution in [2.24, 2.45) is 0 Å². The van der Waals surface area contributed by atoms with Crippen LogP contribution in [0.4, 0.5) is 0 Å². The molecule has 1 amide bonds. The molecular weight excluding hydrogens is 264 g/mol. The summed E-state index contributed by atoms with van der Waals surface area (Å²) in [5.74, 6) is 0.184. The summed E-state index contributed by atoms with van der Waals surface area (Å²) < 4.78 is 5.33. The summed E-state index contributed by atoms with van der Waals surface area (Å²) in [5, 5.41) is 0. The third kappa shape index (κ3) is 3.83. The maximum atomic E-state index is 12.3. The van der Waals surface area contributed by atoms with E-state index in [2.05, 4.69) is 17.9 Å². The molecule has 0 bridgehead atoms. The zero-order chi connectivity index (χ0) is 15.2. The average molecular weight is 290 g/mol. The van der Waals surface area contributed by atoms with E-state index in [0.29, 0.717) is 0 Å². The van der Waals surface area contributed by atoms with Crippen molar-refractivity contribution < 1.29 is 9.53 Å². The Hall–Kier alpha value is -1.39. The van der Waals surface area contributed by atoms with Gasteiger partial charge in [0.1, 0.15) is 0 Å². The summed E-state index contributed by atoms with van der Waals surface area (Å²) in [6, 6.07) is 6.10. The molecule has 0 spiro atoms. The fourth-order valence-corrected chi connectivity index (χ4v) is 2.78. The molecule has 2 aliphatic heterocycles. The van der Waals surface area contributed by atoms with Crippen molar-refractivity contribution in [2.75, 3.05) is 39.4 Å². The Morgan fingerprint density at radius 2 is 1.86 bits per heavy atom. The Morgan fingerprint density at radius 1 is 1.14 bits per heavy atom. The Morgan fingerprint density at radius 3 is 2.57 bits per heavy atom. The summed E-state index contributed by atoms with van der Waals surface area (Å²) in [6.07, 6.45) is 0. The second-order valence-corrected chi connectivity index (χ2v) is 5.34. The van der Waals surface area contributed by atoms with Crippen molar-refractivity contribution in [1.82, 2.24) is 9.80 Å². The molecule has 4 heteroatoms. The van der Waals surface area contributed by atoms with Crippen LogP contribution >= 0.6 is 0 Å². The zero-order valence-corrected chi connectivity index (χ0v) is 13.4. The maximum Gasteiger partial charge on any atom is 0.254 e. The van der Waals surface area contributed by atoms with Crippen LogP contribution in [0.5, 0.6) is 0 Å². The van der Waals surface area contributed by atoms with E-state index in [9.17, 15) is 4.79 Å². The monoisotopic (exact) mass is 290 g/mol. The number of morpholine rings is 1. The van der Waals surface area contributed by atoms with Crippen LogP contribution in [0.15, 0.2) is 18.2 Å². The maximum absolute atomic E-state index is 12.3. The first-order chi connectivity index (χ1) is 10.2. The highest BCUT2D eigenvalue weighted by Crippen LogP contribution is 2.23. The highest BCUT2D eigenvalue weighted by atomic mass is 16.5. The lowest BCUT2D eigenvalue weighted by Gasteiger charge is -2.28. The molecule has 2 heterocycles. The van der Waals surface area contributed by atoms with Crippen molar-refractivity contribution in [1.29, 1.82) is 0 Å². The number of nitrogens with zero attached hydrogens (tertiary/aromatic N) is 2. The van der Waals surface area contributed by atoms with Gasteiger partial charge in [0.05, 0.1) is 13.2 Å². The predicted molar refractivity (Wildman–Crippen MR) is 84.5 cm³/mol. The number of amides is 1. The Kier molecular flexibility index (Phi) is 5.76. The number of carbonyl (C=O) groups is 1. The van der Waals surface area contributed by atoms with Crippen LogP contribution in [0.2, 0.25) is 0 Å². The first-order valence-corrected chi connectivity index (χ1v) is 7.93. The molecule has 1 fully saturated rings. The zero-order valence-electron chi connectivity index (χ0n) is 13.4. The van der Waals surface area contributed by atoms with Gasteiger partial charge in [0.25, 0.3) is 5.91 Å². The lowest BCUT2D eigenvalue weighted by Crippen LogP contribution is -2.41. The topological polar surface area (TPSA) is 32.8 Å². The molecule has 0 N–H and O–H groups in total. The Bertz CT molecular complexity index is 482. The van der Waals surface area contributed by atoms with Crippen LogP contribution in [0, 0.1) is 6.92 Å². The number of carbonyl (C=O) groups excluding carboxylic acids is 1. The third-order valence-corrected chi connectivity index (χ3v) is 3.93. The molecular formula is C17H26N2O2. The van der Waals surface area contributed by atoms with Crippen LogP contribution in [0.25, 0.3) is 0 Å². The van der Waals surface area contributed by atoms with Gasteiger partial charge in [0, 0.05) is 38.3 Å². The van der Waals surface area contributed by atoms with Crippen LogP contribution in [0.3, 0.4) is 0 Å². The van der Waals surface area contributed by atoms with E-state index in [0.717, 1.165) is 51.5 Å². The number of fused-ring (bicyclic) bond motifs is 1. The Balaban J connectivity index is 0.000000774. The van der Waals surface area contributed by atoms with Crippen LogP contribution in [-0.2, 0) is 11.3 Å². The quantitative estimate of drug-likeness (QED) is 0.856. The minimum absolute atomic E-state index is 0.184. The summed E-state index contributed by atoms with van der Waals surface area (Å²) in [5.41, 5.74) is 3.28. The first kappa shape index (κ1) is 16.0. The lowest BCUT2D eigenvalue weighted by atomic mass is 10.1. The lowest BCUT2D eigenvalue weighted by molar-refractivity contribution is 0.0327. The van der Waals surface area contributed by atoms with Gasteiger partial charge in [-0.15, -0.1) is 0 Å². The fraction of sp³-hybridized carbons (Fsp3) is 0.588. The average Bonchev–Trinajstić information content (AvgIpc) is 2.84. The van der Waals surface area contributed by atoms with E-state index in [1.807, 2.05) is 30.9 Å². The SMILES string of the molecule is CC.Cc1ccc2c(c1)CN(CCN1CCOCC1)C2=O. The number of hydrogen-bond acceptors (Lipinski definition) is 3. The number of rotatable bonds is 3. The minimum Gasteiger partial charge on any atom is -0.379 e. The van der Waals surface area contributed by atoms with E-state index in [-0.39, 0.29) is 5.91 Å². The van der Waals surface area contributed by atoms with E-state index in [1.165, 1.54) is 11.1 Å². The van der Waals surface area contributed by atoms with Crippen molar-refractivity contribution in [3.05, 3.63) is 34.9 Å². The fourth-order valence-electron chi connectivity index (χ4n) is 2.78. The molecule has 3 rings (SSSR count). The number of benzene rings is 1. The summed E-state index contributed by atoms with van der Waals surface area (Å²) in [4.78, 5) is 16.6. The third-order valence-electron chi connectivity index (χ3n) is 3.93. The molecule has 1 aromatic carbocycles. The molecule has 0 saturated carbocycles. The highest BCUT2D eigenvalue weighted by molar-refractivity contribution is 5.98. The van der Waals surface area contributed by atoms with E-state index >= 15 is 0 Å². The minimum atomic E-state index is 0.184. The van der Waals surface area contributed by atoms with Crippen molar-refractivity contribution in [2.45, 2.75) is 27.3 Å². The number of ether oxygens (including phenoxy) is 1. The van der Waals surface area contributed by atoms with Crippen LogP contribution in [-0.4, -0.2) is 55.1 Å².